The number of hydrogen-bond donors (Lipinski definition) is 1. The molecule has 4 saturated carbocycles. The predicted octanol–water partition coefficient (Wildman–Crippen LogP) is 5.26. The molecule has 2 heterocycles. The maximum Gasteiger partial charge on any atom is 0.322 e. The van der Waals surface area contributed by atoms with Gasteiger partial charge in [0, 0.05) is 0 Å². The lowest BCUT2D eigenvalue weighted by atomic mass is 9.49. The van der Waals surface area contributed by atoms with Crippen molar-refractivity contribution in [3.63, 3.8) is 0 Å². The zero-order chi connectivity index (χ0) is 17.2. The third kappa shape index (κ3) is 2.69. The summed E-state index contributed by atoms with van der Waals surface area (Å²) in [5, 5.41) is 10.8. The number of thiophene rings is 1. The summed E-state index contributed by atoms with van der Waals surface area (Å²) in [4.78, 5) is 13.0. The lowest BCUT2D eigenvalue weighted by molar-refractivity contribution is -0.140. The van der Waals surface area contributed by atoms with Gasteiger partial charge in [-0.05, 0) is 62.3 Å². The molecule has 5 nitrogen and oxygen atoms in total. The number of aromatic nitrogens is 2. The van der Waals surface area contributed by atoms with E-state index in [0.29, 0.717) is 32.0 Å². The summed E-state index contributed by atoms with van der Waals surface area (Å²) >= 11 is 13.3. The van der Waals surface area contributed by atoms with Crippen molar-refractivity contribution in [2.45, 2.75) is 38.5 Å². The number of halogens is 2. The fraction of sp³-hybridized carbons (Fsp3) is 0.588. The van der Waals surface area contributed by atoms with Crippen molar-refractivity contribution in [2.75, 3.05) is 5.32 Å². The quantitative estimate of drug-likeness (QED) is 0.766. The van der Waals surface area contributed by atoms with Crippen molar-refractivity contribution < 1.29 is 9.21 Å². The Hall–Kier alpha value is -1.11. The molecule has 25 heavy (non-hydrogen) atoms. The maximum atomic E-state index is 13.0. The van der Waals surface area contributed by atoms with E-state index >= 15 is 0 Å². The van der Waals surface area contributed by atoms with Crippen LogP contribution >= 0.6 is 34.5 Å². The molecule has 4 fully saturated rings. The molecule has 6 rings (SSSR count). The van der Waals surface area contributed by atoms with Crippen LogP contribution in [0.15, 0.2) is 10.5 Å². The van der Waals surface area contributed by atoms with E-state index < -0.39 is 0 Å². The second kappa shape index (κ2) is 5.69. The molecule has 0 atom stereocenters. The summed E-state index contributed by atoms with van der Waals surface area (Å²) in [6, 6.07) is 1.82. The number of hydrogen-bond acceptors (Lipinski definition) is 5. The molecule has 4 bridgehead atoms. The number of rotatable bonds is 3. The van der Waals surface area contributed by atoms with Gasteiger partial charge in [-0.2, -0.15) is 0 Å². The zero-order valence-electron chi connectivity index (χ0n) is 13.4. The smallest absolute Gasteiger partial charge is 0.322 e. The topological polar surface area (TPSA) is 68.0 Å². The predicted molar refractivity (Wildman–Crippen MR) is 96.9 cm³/mol. The Balaban J connectivity index is 1.36. The third-order valence-corrected chi connectivity index (χ3v) is 7.54. The van der Waals surface area contributed by atoms with E-state index in [1.165, 1.54) is 30.6 Å². The molecule has 0 unspecified atom stereocenters. The minimum Gasteiger partial charge on any atom is -0.403 e. The summed E-state index contributed by atoms with van der Waals surface area (Å²) in [7, 11) is 0. The van der Waals surface area contributed by atoms with Crippen LogP contribution in [-0.2, 0) is 4.79 Å². The molecule has 1 amide bonds. The minimum atomic E-state index is -0.243. The first-order valence-electron chi connectivity index (χ1n) is 8.61. The van der Waals surface area contributed by atoms with Crippen LogP contribution in [0.25, 0.3) is 11.5 Å². The SMILES string of the molecule is O=C(Nc1nnc(-c2cc(Cl)sc2Cl)o1)C12CC3CC(CC(C3)C1)C2. The van der Waals surface area contributed by atoms with Gasteiger partial charge in [0.2, 0.25) is 5.91 Å². The van der Waals surface area contributed by atoms with Gasteiger partial charge in [0.25, 0.3) is 5.89 Å². The molecule has 4 aliphatic rings. The summed E-state index contributed by atoms with van der Waals surface area (Å²) in [6.07, 6.45) is 6.89. The first-order chi connectivity index (χ1) is 12.0. The van der Waals surface area contributed by atoms with Gasteiger partial charge in [-0.15, -0.1) is 16.4 Å². The molecular weight excluding hydrogens is 381 g/mol. The molecule has 0 aliphatic heterocycles. The van der Waals surface area contributed by atoms with Crippen molar-refractivity contribution >= 4 is 46.5 Å². The molecule has 1 N–H and O–H groups in total. The number of anilines is 1. The Kier molecular flexibility index (Phi) is 3.67. The van der Waals surface area contributed by atoms with Crippen molar-refractivity contribution in [2.24, 2.45) is 23.2 Å². The van der Waals surface area contributed by atoms with Gasteiger partial charge in [-0.3, -0.25) is 10.1 Å². The van der Waals surface area contributed by atoms with E-state index in [0.717, 1.165) is 19.3 Å². The van der Waals surface area contributed by atoms with Gasteiger partial charge in [-0.1, -0.05) is 28.3 Å². The van der Waals surface area contributed by atoms with Gasteiger partial charge in [0.1, 0.15) is 4.34 Å². The summed E-state index contributed by atoms with van der Waals surface area (Å²) in [6.45, 7) is 0. The zero-order valence-corrected chi connectivity index (χ0v) is 15.8. The van der Waals surface area contributed by atoms with Crippen molar-refractivity contribution in [3.05, 3.63) is 14.7 Å². The summed E-state index contributed by atoms with van der Waals surface area (Å²) in [5.41, 5.74) is 0.353. The molecule has 0 spiro atoms. The molecule has 0 saturated heterocycles. The molecule has 0 aromatic carbocycles. The maximum absolute atomic E-state index is 13.0. The molecule has 0 radical (unpaired) electrons. The minimum absolute atomic E-state index is 0.0382. The van der Waals surface area contributed by atoms with E-state index in [1.54, 1.807) is 6.07 Å². The summed E-state index contributed by atoms with van der Waals surface area (Å²) < 4.78 is 6.65. The molecular formula is C17H17Cl2N3O2S. The van der Waals surface area contributed by atoms with Crippen LogP contribution in [-0.4, -0.2) is 16.1 Å². The van der Waals surface area contributed by atoms with Crippen molar-refractivity contribution in [1.82, 2.24) is 10.2 Å². The highest BCUT2D eigenvalue weighted by atomic mass is 35.5. The van der Waals surface area contributed by atoms with Crippen molar-refractivity contribution in [1.29, 1.82) is 0 Å². The normalized spacial score (nSPS) is 33.0. The van der Waals surface area contributed by atoms with Crippen LogP contribution in [0.1, 0.15) is 38.5 Å². The van der Waals surface area contributed by atoms with E-state index in [2.05, 4.69) is 15.5 Å². The third-order valence-electron chi connectivity index (χ3n) is 6.05. The molecule has 2 aromatic heterocycles. The number of amides is 1. The van der Waals surface area contributed by atoms with Gasteiger partial charge in [0.05, 0.1) is 15.3 Å². The Bertz CT molecular complexity index is 812. The lowest BCUT2D eigenvalue weighted by Gasteiger charge is -2.55. The van der Waals surface area contributed by atoms with Crippen LogP contribution in [0.4, 0.5) is 6.01 Å². The highest BCUT2D eigenvalue weighted by molar-refractivity contribution is 7.20. The summed E-state index contributed by atoms with van der Waals surface area (Å²) in [5.74, 6) is 2.44. The Morgan fingerprint density at radius 3 is 2.36 bits per heavy atom. The Morgan fingerprint density at radius 1 is 1.16 bits per heavy atom. The van der Waals surface area contributed by atoms with E-state index in [4.69, 9.17) is 27.6 Å². The molecule has 2 aromatic rings. The second-order valence-electron chi connectivity index (χ2n) is 7.80. The number of nitrogens with one attached hydrogen (secondary N) is 1. The standard InChI is InChI=1S/C17H17Cl2N3O2S/c18-12-4-11(13(19)25-12)14-21-22-16(24-14)20-15(23)17-5-8-1-9(6-17)3-10(2-8)7-17/h4,8-10H,1-3,5-7H2,(H,20,22,23). The van der Waals surface area contributed by atoms with E-state index in [-0.39, 0.29) is 23.2 Å². The highest BCUT2D eigenvalue weighted by Gasteiger charge is 2.54. The largest absolute Gasteiger partial charge is 0.403 e. The van der Waals surface area contributed by atoms with Gasteiger partial charge >= 0.3 is 6.01 Å². The first-order valence-corrected chi connectivity index (χ1v) is 10.2. The number of nitrogens with zero attached hydrogens (tertiary/aromatic N) is 2. The van der Waals surface area contributed by atoms with Crippen LogP contribution in [0.5, 0.6) is 0 Å². The van der Waals surface area contributed by atoms with Crippen LogP contribution in [0.3, 0.4) is 0 Å². The second-order valence-corrected chi connectivity index (χ2v) is 10.1. The van der Waals surface area contributed by atoms with Crippen LogP contribution < -0.4 is 5.32 Å². The van der Waals surface area contributed by atoms with Crippen LogP contribution in [0.2, 0.25) is 8.67 Å². The fourth-order valence-corrected chi connectivity index (χ4v) is 6.94. The van der Waals surface area contributed by atoms with Gasteiger partial charge in [0.15, 0.2) is 0 Å². The number of carbonyl (C=O) groups excluding carboxylic acids is 1. The number of carbonyl (C=O) groups is 1. The highest BCUT2D eigenvalue weighted by Crippen LogP contribution is 2.60. The van der Waals surface area contributed by atoms with E-state index in [9.17, 15) is 4.79 Å². The van der Waals surface area contributed by atoms with Gasteiger partial charge in [-0.25, -0.2) is 0 Å². The monoisotopic (exact) mass is 397 g/mol. The Labute approximate surface area is 159 Å². The molecule has 8 heteroatoms. The average molecular weight is 398 g/mol. The fourth-order valence-electron chi connectivity index (χ4n) is 5.49. The van der Waals surface area contributed by atoms with Gasteiger partial charge < -0.3 is 4.42 Å². The van der Waals surface area contributed by atoms with Crippen molar-refractivity contribution in [3.8, 4) is 11.5 Å². The lowest BCUT2D eigenvalue weighted by Crippen LogP contribution is -2.51. The molecule has 4 aliphatic carbocycles. The first kappa shape index (κ1) is 16.1. The van der Waals surface area contributed by atoms with Crippen LogP contribution in [0, 0.1) is 23.2 Å². The average Bonchev–Trinajstić information content (AvgIpc) is 3.12. The molecule has 132 valence electrons. The Morgan fingerprint density at radius 2 is 1.80 bits per heavy atom. The van der Waals surface area contributed by atoms with E-state index in [1.807, 2.05) is 0 Å².